The van der Waals surface area contributed by atoms with Crippen LogP contribution in [0.5, 0.6) is 0 Å². The number of rotatable bonds is 0. The second-order valence-electron chi connectivity index (χ2n) is 3.04. The lowest BCUT2D eigenvalue weighted by Crippen LogP contribution is -1.98. The molecule has 2 aromatic rings. The lowest BCUT2D eigenvalue weighted by molar-refractivity contribution is 1.09. The van der Waals surface area contributed by atoms with Gasteiger partial charge in [-0.3, -0.25) is 4.98 Å². The molecule has 0 unspecified atom stereocenters. The van der Waals surface area contributed by atoms with E-state index < -0.39 is 0 Å². The van der Waals surface area contributed by atoms with Gasteiger partial charge in [0.1, 0.15) is 11.3 Å². The number of nitrogens with two attached hydrogens (primary N) is 1. The van der Waals surface area contributed by atoms with Gasteiger partial charge >= 0.3 is 0 Å². The summed E-state index contributed by atoms with van der Waals surface area (Å²) in [4.78, 5) is 12.5. The van der Waals surface area contributed by atoms with Crippen LogP contribution in [-0.2, 0) is 0 Å². The normalized spacial score (nSPS) is 10.6. The molecule has 0 amide bonds. The van der Waals surface area contributed by atoms with Gasteiger partial charge in [-0.2, -0.15) is 0 Å². The van der Waals surface area contributed by atoms with Gasteiger partial charge in [-0.15, -0.1) is 0 Å². The van der Waals surface area contributed by atoms with Gasteiger partial charge in [0.2, 0.25) is 0 Å². The molecular weight excluding hydrogens is 164 g/mol. The highest BCUT2D eigenvalue weighted by Gasteiger charge is 2.03. The third kappa shape index (κ3) is 1.30. The molecule has 13 heavy (non-hydrogen) atoms. The zero-order valence-electron chi connectivity index (χ0n) is 7.57. The van der Waals surface area contributed by atoms with Crippen molar-refractivity contribution in [3.8, 4) is 0 Å². The Labute approximate surface area is 75.8 Å². The van der Waals surface area contributed by atoms with Crippen molar-refractivity contribution < 1.29 is 0 Å². The Kier molecular flexibility index (Phi) is 1.62. The number of hydrogen-bond acceptors (Lipinski definition) is 4. The molecular formula is C9H10N4. The Bertz CT molecular complexity index is 459. The Morgan fingerprint density at radius 1 is 1.23 bits per heavy atom. The van der Waals surface area contributed by atoms with E-state index in [0.29, 0.717) is 17.2 Å². The fraction of sp³-hybridized carbons (Fsp3) is 0.222. The summed E-state index contributed by atoms with van der Waals surface area (Å²) in [6.07, 6.45) is 1.76. The predicted molar refractivity (Wildman–Crippen MR) is 51.2 cm³/mol. The summed E-state index contributed by atoms with van der Waals surface area (Å²) >= 11 is 0. The van der Waals surface area contributed by atoms with Gasteiger partial charge < -0.3 is 5.73 Å². The van der Waals surface area contributed by atoms with Crippen LogP contribution in [-0.4, -0.2) is 15.0 Å². The van der Waals surface area contributed by atoms with E-state index >= 15 is 0 Å². The van der Waals surface area contributed by atoms with Crippen LogP contribution < -0.4 is 5.73 Å². The van der Waals surface area contributed by atoms with Gasteiger partial charge in [-0.25, -0.2) is 9.97 Å². The molecule has 2 N–H and O–H groups in total. The SMILES string of the molecule is Cc1cnc2c(N)nc(C)nc2c1. The van der Waals surface area contributed by atoms with Gasteiger partial charge in [0.05, 0.1) is 5.52 Å². The Morgan fingerprint density at radius 2 is 2.00 bits per heavy atom. The molecule has 66 valence electrons. The standard InChI is InChI=1S/C9H10N4/c1-5-3-7-8(11-4-5)9(10)13-6(2)12-7/h3-4H,1-2H3,(H2,10,12,13). The Balaban J connectivity index is 2.86. The monoisotopic (exact) mass is 174 g/mol. The number of hydrogen-bond donors (Lipinski definition) is 1. The van der Waals surface area contributed by atoms with Gasteiger partial charge in [-0.1, -0.05) is 0 Å². The molecule has 0 aromatic carbocycles. The lowest BCUT2D eigenvalue weighted by atomic mass is 10.2. The average Bonchev–Trinajstić information content (AvgIpc) is 2.02. The fourth-order valence-corrected chi connectivity index (χ4v) is 1.26. The predicted octanol–water partition coefficient (Wildman–Crippen LogP) is 1.22. The maximum absolute atomic E-state index is 5.69. The van der Waals surface area contributed by atoms with E-state index in [9.17, 15) is 0 Å². The zero-order chi connectivity index (χ0) is 9.42. The first-order valence-electron chi connectivity index (χ1n) is 4.03. The minimum Gasteiger partial charge on any atom is -0.382 e. The van der Waals surface area contributed by atoms with Crippen molar-refractivity contribution in [2.75, 3.05) is 5.73 Å². The number of pyridine rings is 1. The number of anilines is 1. The van der Waals surface area contributed by atoms with E-state index in [1.165, 1.54) is 0 Å². The fourth-order valence-electron chi connectivity index (χ4n) is 1.26. The summed E-state index contributed by atoms with van der Waals surface area (Å²) < 4.78 is 0. The van der Waals surface area contributed by atoms with E-state index in [-0.39, 0.29) is 0 Å². The van der Waals surface area contributed by atoms with Crippen LogP contribution in [0.15, 0.2) is 12.3 Å². The zero-order valence-corrected chi connectivity index (χ0v) is 7.57. The summed E-state index contributed by atoms with van der Waals surface area (Å²) in [7, 11) is 0. The van der Waals surface area contributed by atoms with E-state index in [0.717, 1.165) is 11.1 Å². The van der Waals surface area contributed by atoms with Crippen LogP contribution in [0, 0.1) is 13.8 Å². The average molecular weight is 174 g/mol. The highest BCUT2D eigenvalue weighted by atomic mass is 15.0. The molecule has 2 heterocycles. The topological polar surface area (TPSA) is 64.7 Å². The molecule has 0 bridgehead atoms. The van der Waals surface area contributed by atoms with Gasteiger partial charge in [0.25, 0.3) is 0 Å². The summed E-state index contributed by atoms with van der Waals surface area (Å²) in [5, 5.41) is 0. The number of aromatic nitrogens is 3. The molecule has 0 aliphatic carbocycles. The van der Waals surface area contributed by atoms with Crippen molar-refractivity contribution in [2.24, 2.45) is 0 Å². The second kappa shape index (κ2) is 2.65. The number of fused-ring (bicyclic) bond motifs is 1. The Morgan fingerprint density at radius 3 is 2.77 bits per heavy atom. The van der Waals surface area contributed by atoms with Gasteiger partial charge in [0, 0.05) is 6.20 Å². The third-order valence-corrected chi connectivity index (χ3v) is 1.81. The summed E-state index contributed by atoms with van der Waals surface area (Å²) in [6.45, 7) is 3.79. The Hall–Kier alpha value is -1.71. The minimum absolute atomic E-state index is 0.447. The molecule has 0 atom stereocenters. The van der Waals surface area contributed by atoms with E-state index in [2.05, 4.69) is 15.0 Å². The number of nitrogens with zero attached hydrogens (tertiary/aromatic N) is 3. The molecule has 2 rings (SSSR count). The van der Waals surface area contributed by atoms with Crippen LogP contribution >= 0.6 is 0 Å². The van der Waals surface area contributed by atoms with Crippen molar-refractivity contribution in [1.29, 1.82) is 0 Å². The van der Waals surface area contributed by atoms with Crippen molar-refractivity contribution in [3.05, 3.63) is 23.7 Å². The first-order valence-corrected chi connectivity index (χ1v) is 4.03. The third-order valence-electron chi connectivity index (χ3n) is 1.81. The number of aryl methyl sites for hydroxylation is 2. The van der Waals surface area contributed by atoms with Crippen molar-refractivity contribution in [2.45, 2.75) is 13.8 Å². The van der Waals surface area contributed by atoms with Crippen molar-refractivity contribution in [3.63, 3.8) is 0 Å². The quantitative estimate of drug-likeness (QED) is 0.652. The molecule has 0 saturated heterocycles. The summed E-state index contributed by atoms with van der Waals surface area (Å²) in [5.41, 5.74) is 8.25. The summed E-state index contributed by atoms with van der Waals surface area (Å²) in [5.74, 6) is 1.12. The van der Waals surface area contributed by atoms with E-state index in [4.69, 9.17) is 5.73 Å². The maximum atomic E-state index is 5.69. The highest BCUT2D eigenvalue weighted by molar-refractivity contribution is 5.83. The molecule has 4 nitrogen and oxygen atoms in total. The van der Waals surface area contributed by atoms with Crippen molar-refractivity contribution >= 4 is 16.9 Å². The molecule has 0 saturated carbocycles. The van der Waals surface area contributed by atoms with Crippen LogP contribution in [0.25, 0.3) is 11.0 Å². The van der Waals surface area contributed by atoms with Gasteiger partial charge in [0.15, 0.2) is 5.82 Å². The second-order valence-corrected chi connectivity index (χ2v) is 3.04. The molecule has 0 aliphatic rings. The first kappa shape index (κ1) is 7.91. The molecule has 0 radical (unpaired) electrons. The molecule has 2 aromatic heterocycles. The molecule has 0 aliphatic heterocycles. The van der Waals surface area contributed by atoms with Gasteiger partial charge in [-0.05, 0) is 25.5 Å². The highest BCUT2D eigenvalue weighted by Crippen LogP contribution is 2.15. The maximum Gasteiger partial charge on any atom is 0.153 e. The van der Waals surface area contributed by atoms with Crippen LogP contribution in [0.4, 0.5) is 5.82 Å². The molecule has 0 fully saturated rings. The molecule has 0 spiro atoms. The number of nitrogen functional groups attached to an aromatic ring is 1. The summed E-state index contributed by atoms with van der Waals surface area (Å²) in [6, 6.07) is 1.95. The lowest BCUT2D eigenvalue weighted by Gasteiger charge is -2.01. The first-order chi connectivity index (χ1) is 6.16. The van der Waals surface area contributed by atoms with Crippen LogP contribution in [0.3, 0.4) is 0 Å². The smallest absolute Gasteiger partial charge is 0.153 e. The largest absolute Gasteiger partial charge is 0.382 e. The van der Waals surface area contributed by atoms with Crippen molar-refractivity contribution in [1.82, 2.24) is 15.0 Å². The van der Waals surface area contributed by atoms with E-state index in [1.54, 1.807) is 6.20 Å². The molecule has 4 heteroatoms. The van der Waals surface area contributed by atoms with E-state index in [1.807, 2.05) is 19.9 Å². The van der Waals surface area contributed by atoms with Crippen LogP contribution in [0.1, 0.15) is 11.4 Å². The van der Waals surface area contributed by atoms with Crippen LogP contribution in [0.2, 0.25) is 0 Å². The minimum atomic E-state index is 0.447.